The predicted molar refractivity (Wildman–Crippen MR) is 89.1 cm³/mol. The molecule has 5 heteroatoms. The summed E-state index contributed by atoms with van der Waals surface area (Å²) in [5.74, 6) is 3.09. The van der Waals surface area contributed by atoms with Gasteiger partial charge in [-0.05, 0) is 56.2 Å². The van der Waals surface area contributed by atoms with Crippen LogP contribution in [0.15, 0.2) is 23.3 Å². The maximum Gasteiger partial charge on any atom is 0.271 e. The SMILES string of the molecule is COc1ccc(C(=O)N/N=C(/C)[C@@H]2C[C@H]3CC[C@H]2C3)cc1OC. The Morgan fingerprint density at radius 2 is 1.96 bits per heavy atom. The zero-order valence-corrected chi connectivity index (χ0v) is 14.0. The van der Waals surface area contributed by atoms with E-state index in [2.05, 4.69) is 10.5 Å². The number of carbonyl (C=O) groups excluding carboxylic acids is 1. The molecule has 0 spiro atoms. The first kappa shape index (κ1) is 15.8. The zero-order valence-electron chi connectivity index (χ0n) is 14.0. The molecule has 2 saturated carbocycles. The number of fused-ring (bicyclic) bond motifs is 2. The minimum absolute atomic E-state index is 0.228. The Balaban J connectivity index is 1.66. The molecule has 0 saturated heterocycles. The normalized spacial score (nSPS) is 26.2. The van der Waals surface area contributed by atoms with Gasteiger partial charge in [-0.3, -0.25) is 4.79 Å². The Morgan fingerprint density at radius 3 is 2.57 bits per heavy atom. The van der Waals surface area contributed by atoms with Crippen LogP contribution in [0.4, 0.5) is 0 Å². The van der Waals surface area contributed by atoms with E-state index < -0.39 is 0 Å². The van der Waals surface area contributed by atoms with Crippen LogP contribution in [0.3, 0.4) is 0 Å². The quantitative estimate of drug-likeness (QED) is 0.670. The van der Waals surface area contributed by atoms with E-state index in [-0.39, 0.29) is 5.91 Å². The van der Waals surface area contributed by atoms with Crippen molar-refractivity contribution in [3.05, 3.63) is 23.8 Å². The molecule has 0 radical (unpaired) electrons. The summed E-state index contributed by atoms with van der Waals surface area (Å²) in [6, 6.07) is 5.09. The van der Waals surface area contributed by atoms with Crippen molar-refractivity contribution in [1.82, 2.24) is 5.43 Å². The van der Waals surface area contributed by atoms with Crippen molar-refractivity contribution >= 4 is 11.6 Å². The third-order valence-electron chi connectivity index (χ3n) is 5.25. The summed E-state index contributed by atoms with van der Waals surface area (Å²) >= 11 is 0. The van der Waals surface area contributed by atoms with E-state index in [0.717, 1.165) is 17.5 Å². The van der Waals surface area contributed by atoms with Crippen molar-refractivity contribution in [3.8, 4) is 11.5 Å². The summed E-state index contributed by atoms with van der Waals surface area (Å²) in [5, 5.41) is 4.34. The lowest BCUT2D eigenvalue weighted by atomic mass is 9.86. The zero-order chi connectivity index (χ0) is 16.4. The first-order valence-electron chi connectivity index (χ1n) is 8.19. The molecular weight excluding hydrogens is 292 g/mol. The molecule has 3 atom stereocenters. The minimum Gasteiger partial charge on any atom is -0.493 e. The number of hydrogen-bond acceptors (Lipinski definition) is 4. The fraction of sp³-hybridized carbons (Fsp3) is 0.556. The predicted octanol–water partition coefficient (Wildman–Crippen LogP) is 3.25. The molecule has 1 aromatic carbocycles. The van der Waals surface area contributed by atoms with Gasteiger partial charge in [-0.25, -0.2) is 5.43 Å². The van der Waals surface area contributed by atoms with Crippen molar-refractivity contribution in [2.45, 2.75) is 32.6 Å². The van der Waals surface area contributed by atoms with Crippen LogP contribution in [0.2, 0.25) is 0 Å². The summed E-state index contributed by atoms with van der Waals surface area (Å²) in [5.41, 5.74) is 4.23. The standard InChI is InChI=1S/C18H24N2O3/c1-11(15-9-12-4-5-13(15)8-12)19-20-18(21)14-6-7-16(22-2)17(10-14)23-3/h6-7,10,12-13,15H,4-5,8-9H2,1-3H3,(H,20,21)/b19-11-/t12-,13-,15-/m0/s1. The number of rotatable bonds is 5. The molecule has 1 amide bonds. The largest absolute Gasteiger partial charge is 0.493 e. The van der Waals surface area contributed by atoms with Crippen LogP contribution < -0.4 is 14.9 Å². The van der Waals surface area contributed by atoms with Crippen LogP contribution in [-0.2, 0) is 0 Å². The van der Waals surface area contributed by atoms with Crippen LogP contribution in [0, 0.1) is 17.8 Å². The second-order valence-electron chi connectivity index (χ2n) is 6.55. The molecule has 5 nitrogen and oxygen atoms in total. The number of nitrogens with one attached hydrogen (secondary N) is 1. The lowest BCUT2D eigenvalue weighted by Crippen LogP contribution is -2.24. The van der Waals surface area contributed by atoms with Gasteiger partial charge < -0.3 is 9.47 Å². The third kappa shape index (κ3) is 3.19. The van der Waals surface area contributed by atoms with E-state index in [9.17, 15) is 4.79 Å². The average molecular weight is 316 g/mol. The van der Waals surface area contributed by atoms with Crippen LogP contribution in [-0.4, -0.2) is 25.8 Å². The van der Waals surface area contributed by atoms with Crippen molar-refractivity contribution in [2.24, 2.45) is 22.9 Å². The van der Waals surface area contributed by atoms with Gasteiger partial charge in [0.2, 0.25) is 0 Å². The highest BCUT2D eigenvalue weighted by atomic mass is 16.5. The number of nitrogens with zero attached hydrogens (tertiary/aromatic N) is 1. The average Bonchev–Trinajstić information content (AvgIpc) is 3.21. The molecule has 23 heavy (non-hydrogen) atoms. The van der Waals surface area contributed by atoms with E-state index in [4.69, 9.17) is 9.47 Å². The maximum absolute atomic E-state index is 12.3. The molecule has 3 rings (SSSR count). The number of hydrazone groups is 1. The second-order valence-corrected chi connectivity index (χ2v) is 6.55. The molecule has 2 aliphatic carbocycles. The van der Waals surface area contributed by atoms with Crippen LogP contribution >= 0.6 is 0 Å². The minimum atomic E-state index is -0.228. The van der Waals surface area contributed by atoms with Gasteiger partial charge in [0.1, 0.15) is 0 Å². The number of benzene rings is 1. The monoisotopic (exact) mass is 316 g/mol. The van der Waals surface area contributed by atoms with Crippen molar-refractivity contribution < 1.29 is 14.3 Å². The van der Waals surface area contributed by atoms with Gasteiger partial charge in [-0.15, -0.1) is 0 Å². The highest BCUT2D eigenvalue weighted by Crippen LogP contribution is 2.48. The van der Waals surface area contributed by atoms with Gasteiger partial charge in [-0.2, -0.15) is 5.10 Å². The number of ether oxygens (including phenoxy) is 2. The third-order valence-corrected chi connectivity index (χ3v) is 5.25. The topological polar surface area (TPSA) is 59.9 Å². The smallest absolute Gasteiger partial charge is 0.271 e. The number of methoxy groups -OCH3 is 2. The Morgan fingerprint density at radius 1 is 1.17 bits per heavy atom. The van der Waals surface area contributed by atoms with Gasteiger partial charge in [0.25, 0.3) is 5.91 Å². The lowest BCUT2D eigenvalue weighted by molar-refractivity contribution is 0.0954. The van der Waals surface area contributed by atoms with Gasteiger partial charge in [0, 0.05) is 17.2 Å². The van der Waals surface area contributed by atoms with E-state index >= 15 is 0 Å². The molecule has 2 bridgehead atoms. The van der Waals surface area contributed by atoms with Crippen molar-refractivity contribution in [1.29, 1.82) is 0 Å². The van der Waals surface area contributed by atoms with Gasteiger partial charge in [0.15, 0.2) is 11.5 Å². The maximum atomic E-state index is 12.3. The molecule has 0 heterocycles. The molecule has 1 aromatic rings. The summed E-state index contributed by atoms with van der Waals surface area (Å²) in [6.07, 6.45) is 5.24. The van der Waals surface area contributed by atoms with Crippen LogP contribution in [0.1, 0.15) is 43.0 Å². The Kier molecular flexibility index (Phi) is 4.55. The first-order valence-corrected chi connectivity index (χ1v) is 8.19. The summed E-state index contributed by atoms with van der Waals surface area (Å²) < 4.78 is 10.4. The molecule has 124 valence electrons. The molecule has 0 aromatic heterocycles. The summed E-state index contributed by atoms with van der Waals surface area (Å²) in [6.45, 7) is 2.03. The highest BCUT2D eigenvalue weighted by Gasteiger charge is 2.40. The Hall–Kier alpha value is -2.04. The van der Waals surface area contributed by atoms with E-state index in [1.807, 2.05) is 6.92 Å². The van der Waals surface area contributed by atoms with E-state index in [1.165, 1.54) is 25.7 Å². The fourth-order valence-electron chi connectivity index (χ4n) is 4.02. The molecule has 1 N–H and O–H groups in total. The Labute approximate surface area is 137 Å². The Bertz CT molecular complexity index is 627. The number of carbonyl (C=O) groups is 1. The van der Waals surface area contributed by atoms with Gasteiger partial charge in [0.05, 0.1) is 14.2 Å². The van der Waals surface area contributed by atoms with E-state index in [0.29, 0.717) is 23.0 Å². The molecule has 0 unspecified atom stereocenters. The van der Waals surface area contributed by atoms with Crippen molar-refractivity contribution in [2.75, 3.05) is 14.2 Å². The van der Waals surface area contributed by atoms with Crippen LogP contribution in [0.25, 0.3) is 0 Å². The van der Waals surface area contributed by atoms with E-state index in [1.54, 1.807) is 32.4 Å². The summed E-state index contributed by atoms with van der Waals surface area (Å²) in [7, 11) is 3.12. The fourth-order valence-corrected chi connectivity index (χ4v) is 4.02. The molecule has 0 aliphatic heterocycles. The lowest BCUT2D eigenvalue weighted by Gasteiger charge is -2.21. The number of hydrogen-bond donors (Lipinski definition) is 1. The molecule has 2 fully saturated rings. The molecule has 2 aliphatic rings. The second kappa shape index (κ2) is 6.60. The molecular formula is C18H24N2O3. The van der Waals surface area contributed by atoms with Crippen molar-refractivity contribution in [3.63, 3.8) is 0 Å². The van der Waals surface area contributed by atoms with Crippen LogP contribution in [0.5, 0.6) is 11.5 Å². The first-order chi connectivity index (χ1) is 11.1. The summed E-state index contributed by atoms with van der Waals surface area (Å²) in [4.78, 5) is 12.3. The highest BCUT2D eigenvalue weighted by molar-refractivity contribution is 5.96. The van der Waals surface area contributed by atoms with Gasteiger partial charge in [-0.1, -0.05) is 6.42 Å². The number of amides is 1. The van der Waals surface area contributed by atoms with Gasteiger partial charge >= 0.3 is 0 Å².